The molecule has 1 atom stereocenters. The quantitative estimate of drug-likeness (QED) is 0.410. The van der Waals surface area contributed by atoms with E-state index in [4.69, 9.17) is 4.74 Å². The number of nitrogens with one attached hydrogen (secondary N) is 3. The molecule has 0 bridgehead atoms. The number of sulfonamides is 1. The number of rotatable bonds is 12. The molecule has 33 heavy (non-hydrogen) atoms. The van der Waals surface area contributed by atoms with Gasteiger partial charge in [-0.15, -0.1) is 6.58 Å². The fourth-order valence-electron chi connectivity index (χ4n) is 2.99. The average molecular weight is 474 g/mol. The van der Waals surface area contributed by atoms with E-state index in [1.807, 2.05) is 20.8 Å². The van der Waals surface area contributed by atoms with E-state index < -0.39 is 16.1 Å². The molecule has 2 amide bonds. The van der Waals surface area contributed by atoms with Crippen molar-refractivity contribution in [1.29, 1.82) is 0 Å². The molecule has 178 valence electrons. The Morgan fingerprint density at radius 3 is 2.24 bits per heavy atom. The van der Waals surface area contributed by atoms with Crippen LogP contribution in [0.25, 0.3) is 0 Å². The van der Waals surface area contributed by atoms with E-state index in [9.17, 15) is 18.0 Å². The number of hydrogen-bond donors (Lipinski definition) is 3. The molecule has 0 aliphatic carbocycles. The van der Waals surface area contributed by atoms with Crippen LogP contribution in [0.3, 0.4) is 0 Å². The SMILES string of the molecule is C=CCNS(=O)(=O)Cc1ccc(NC(=O)C(NC(=O)c2ccc(OCC)cc2)C(C)C)cc1. The van der Waals surface area contributed by atoms with Crippen molar-refractivity contribution in [1.82, 2.24) is 10.0 Å². The number of carbonyl (C=O) groups is 2. The molecule has 0 aliphatic rings. The maximum absolute atomic E-state index is 12.8. The van der Waals surface area contributed by atoms with Gasteiger partial charge < -0.3 is 15.4 Å². The first-order valence-corrected chi connectivity index (χ1v) is 12.3. The third-order valence-corrected chi connectivity index (χ3v) is 6.01. The van der Waals surface area contributed by atoms with Crippen LogP contribution in [-0.2, 0) is 20.6 Å². The molecule has 9 heteroatoms. The fraction of sp³-hybridized carbons (Fsp3) is 0.333. The maximum Gasteiger partial charge on any atom is 0.251 e. The Kier molecular flexibility index (Phi) is 9.62. The second kappa shape index (κ2) is 12.2. The van der Waals surface area contributed by atoms with Gasteiger partial charge in [0.2, 0.25) is 15.9 Å². The molecular weight excluding hydrogens is 442 g/mol. The number of ether oxygens (including phenoxy) is 1. The summed E-state index contributed by atoms with van der Waals surface area (Å²) in [5, 5.41) is 5.56. The lowest BCUT2D eigenvalue weighted by Crippen LogP contribution is -2.47. The number of anilines is 1. The van der Waals surface area contributed by atoms with Crippen molar-refractivity contribution in [2.24, 2.45) is 5.92 Å². The summed E-state index contributed by atoms with van der Waals surface area (Å²) in [4.78, 5) is 25.5. The molecule has 0 heterocycles. The lowest BCUT2D eigenvalue weighted by Gasteiger charge is -2.22. The van der Waals surface area contributed by atoms with E-state index in [2.05, 4.69) is 21.9 Å². The summed E-state index contributed by atoms with van der Waals surface area (Å²) in [6.07, 6.45) is 1.47. The van der Waals surface area contributed by atoms with Gasteiger partial charge in [0.1, 0.15) is 11.8 Å². The van der Waals surface area contributed by atoms with E-state index in [1.165, 1.54) is 6.08 Å². The van der Waals surface area contributed by atoms with E-state index in [-0.39, 0.29) is 30.0 Å². The monoisotopic (exact) mass is 473 g/mol. The van der Waals surface area contributed by atoms with E-state index >= 15 is 0 Å². The van der Waals surface area contributed by atoms with Crippen LogP contribution in [0.15, 0.2) is 61.2 Å². The van der Waals surface area contributed by atoms with E-state index in [0.717, 1.165) is 0 Å². The first kappa shape index (κ1) is 26.1. The Morgan fingerprint density at radius 1 is 1.06 bits per heavy atom. The Hall–Kier alpha value is -3.17. The molecule has 0 radical (unpaired) electrons. The first-order chi connectivity index (χ1) is 15.6. The van der Waals surface area contributed by atoms with Gasteiger partial charge in [-0.1, -0.05) is 32.1 Å². The molecule has 0 saturated carbocycles. The standard InChI is InChI=1S/C24H31N3O5S/c1-5-15-25-33(30,31)16-18-7-11-20(12-8-18)26-24(29)22(17(3)4)27-23(28)19-9-13-21(14-10-19)32-6-2/h5,7-14,17,22,25H,1,6,15-16H2,2-4H3,(H,26,29)(H,27,28). The summed E-state index contributed by atoms with van der Waals surface area (Å²) in [5.41, 5.74) is 1.50. The third-order valence-electron chi connectivity index (χ3n) is 4.69. The minimum absolute atomic E-state index is 0.156. The van der Waals surface area contributed by atoms with Crippen molar-refractivity contribution in [2.75, 3.05) is 18.5 Å². The van der Waals surface area contributed by atoms with Crippen molar-refractivity contribution in [3.8, 4) is 5.75 Å². The highest BCUT2D eigenvalue weighted by Crippen LogP contribution is 2.15. The number of amides is 2. The molecular formula is C24H31N3O5S. The molecule has 2 aromatic rings. The zero-order valence-electron chi connectivity index (χ0n) is 19.1. The van der Waals surface area contributed by atoms with Gasteiger partial charge in [0.05, 0.1) is 12.4 Å². The maximum atomic E-state index is 12.8. The number of carbonyl (C=O) groups excluding carboxylic acids is 2. The number of hydrogen-bond acceptors (Lipinski definition) is 5. The van der Waals surface area contributed by atoms with Crippen LogP contribution >= 0.6 is 0 Å². The molecule has 0 aliphatic heterocycles. The van der Waals surface area contributed by atoms with Gasteiger partial charge >= 0.3 is 0 Å². The molecule has 2 aromatic carbocycles. The Morgan fingerprint density at radius 2 is 1.70 bits per heavy atom. The zero-order chi connectivity index (χ0) is 24.4. The van der Waals surface area contributed by atoms with Gasteiger partial charge in [0, 0.05) is 17.8 Å². The third kappa shape index (κ3) is 8.36. The van der Waals surface area contributed by atoms with Gasteiger partial charge in [-0.05, 0) is 54.8 Å². The van der Waals surface area contributed by atoms with Gasteiger partial charge in [-0.3, -0.25) is 9.59 Å². The highest BCUT2D eigenvalue weighted by Gasteiger charge is 2.25. The van der Waals surface area contributed by atoms with Crippen molar-refractivity contribution in [2.45, 2.75) is 32.6 Å². The summed E-state index contributed by atoms with van der Waals surface area (Å²) < 4.78 is 31.8. The van der Waals surface area contributed by atoms with E-state index in [1.54, 1.807) is 48.5 Å². The molecule has 0 aromatic heterocycles. The van der Waals surface area contributed by atoms with Crippen molar-refractivity contribution < 1.29 is 22.7 Å². The predicted molar refractivity (Wildman–Crippen MR) is 130 cm³/mol. The van der Waals surface area contributed by atoms with E-state index in [0.29, 0.717) is 29.2 Å². The van der Waals surface area contributed by atoms with Gasteiger partial charge in [-0.2, -0.15) is 0 Å². The molecule has 2 rings (SSSR count). The minimum Gasteiger partial charge on any atom is -0.494 e. The highest BCUT2D eigenvalue weighted by atomic mass is 32.2. The average Bonchev–Trinajstić information content (AvgIpc) is 2.77. The lowest BCUT2D eigenvalue weighted by atomic mass is 10.0. The fourth-order valence-corrected chi connectivity index (χ4v) is 4.09. The first-order valence-electron chi connectivity index (χ1n) is 10.7. The minimum atomic E-state index is -3.47. The van der Waals surface area contributed by atoms with Crippen LogP contribution in [0.5, 0.6) is 5.75 Å². The Bertz CT molecular complexity index is 1050. The second-order valence-corrected chi connectivity index (χ2v) is 9.54. The normalized spacial score (nSPS) is 12.1. The smallest absolute Gasteiger partial charge is 0.251 e. The summed E-state index contributed by atoms with van der Waals surface area (Å²) in [5.74, 6) is -0.393. The molecule has 0 spiro atoms. The van der Waals surface area contributed by atoms with Crippen molar-refractivity contribution >= 4 is 27.5 Å². The Balaban J connectivity index is 2.01. The lowest BCUT2D eigenvalue weighted by molar-refractivity contribution is -0.118. The second-order valence-electron chi connectivity index (χ2n) is 7.73. The topological polar surface area (TPSA) is 114 Å². The molecule has 0 saturated heterocycles. The molecule has 1 unspecified atom stereocenters. The highest BCUT2D eigenvalue weighted by molar-refractivity contribution is 7.88. The summed E-state index contributed by atoms with van der Waals surface area (Å²) in [6.45, 7) is 9.74. The molecule has 3 N–H and O–H groups in total. The van der Waals surface area contributed by atoms with Gasteiger partial charge in [0.15, 0.2) is 0 Å². The van der Waals surface area contributed by atoms with Crippen molar-refractivity contribution in [3.63, 3.8) is 0 Å². The van der Waals surface area contributed by atoms with Crippen LogP contribution in [0.4, 0.5) is 5.69 Å². The Labute approximate surface area is 195 Å². The largest absolute Gasteiger partial charge is 0.494 e. The summed E-state index contributed by atoms with van der Waals surface area (Å²) in [6, 6.07) is 12.5. The van der Waals surface area contributed by atoms with Crippen LogP contribution in [0, 0.1) is 5.92 Å². The molecule has 0 fully saturated rings. The van der Waals surface area contributed by atoms with Crippen LogP contribution in [0.2, 0.25) is 0 Å². The van der Waals surface area contributed by atoms with Gasteiger partial charge in [0.25, 0.3) is 5.91 Å². The van der Waals surface area contributed by atoms with Crippen LogP contribution in [0.1, 0.15) is 36.7 Å². The summed E-state index contributed by atoms with van der Waals surface area (Å²) in [7, 11) is -3.47. The van der Waals surface area contributed by atoms with Gasteiger partial charge in [-0.25, -0.2) is 13.1 Å². The predicted octanol–water partition coefficient (Wildman–Crippen LogP) is 3.08. The molecule has 8 nitrogen and oxygen atoms in total. The summed E-state index contributed by atoms with van der Waals surface area (Å²) >= 11 is 0. The van der Waals surface area contributed by atoms with Crippen LogP contribution < -0.4 is 20.1 Å². The number of benzene rings is 2. The zero-order valence-corrected chi connectivity index (χ0v) is 19.9. The van der Waals surface area contributed by atoms with Crippen LogP contribution in [-0.4, -0.2) is 39.4 Å². The van der Waals surface area contributed by atoms with Crippen molar-refractivity contribution in [3.05, 3.63) is 72.3 Å².